The fraction of sp³-hybridized carbons (Fsp3) is 0. The number of aromatic carboxylic acids is 2. The Balaban J connectivity index is 2.43. The van der Waals surface area contributed by atoms with Gasteiger partial charge in [0.25, 0.3) is 5.78 Å². The molecule has 24 heavy (non-hydrogen) atoms. The number of carboxylic acid groups (broad SMARTS) is 2. The van der Waals surface area contributed by atoms with Crippen molar-refractivity contribution in [2.75, 3.05) is 0 Å². The van der Waals surface area contributed by atoms with E-state index in [0.717, 1.165) is 12.1 Å². The van der Waals surface area contributed by atoms with Crippen LogP contribution in [-0.4, -0.2) is 48.8 Å². The molecule has 2 heterocycles. The van der Waals surface area contributed by atoms with Crippen LogP contribution >= 0.6 is 0 Å². The van der Waals surface area contributed by atoms with Crippen LogP contribution in [0.15, 0.2) is 18.7 Å². The van der Waals surface area contributed by atoms with Crippen molar-refractivity contribution in [3.63, 3.8) is 0 Å². The van der Waals surface area contributed by atoms with Crippen LogP contribution in [0.3, 0.4) is 0 Å². The van der Waals surface area contributed by atoms with Crippen LogP contribution in [0.4, 0.5) is 0 Å². The molecule has 0 unspecified atom stereocenters. The number of hydrogen-bond acceptors (Lipinski definition) is 6. The lowest BCUT2D eigenvalue weighted by molar-refractivity contribution is 0.0689. The van der Waals surface area contributed by atoms with Crippen molar-refractivity contribution in [2.45, 2.75) is 0 Å². The molecule has 2 aromatic heterocycles. The van der Waals surface area contributed by atoms with Gasteiger partial charge in [0.2, 0.25) is 5.78 Å². The number of ketones is 2. The second-order valence-corrected chi connectivity index (χ2v) is 4.97. The zero-order chi connectivity index (χ0) is 17.8. The van der Waals surface area contributed by atoms with Gasteiger partial charge in [0.05, 0.1) is 22.5 Å². The molecule has 0 radical (unpaired) electrons. The number of carbonyl (C=O) groups is 4. The van der Waals surface area contributed by atoms with E-state index in [1.165, 1.54) is 0 Å². The third-order valence-electron chi connectivity index (χ3n) is 3.51. The van der Waals surface area contributed by atoms with Gasteiger partial charge < -0.3 is 20.3 Å². The fourth-order valence-corrected chi connectivity index (χ4v) is 2.46. The number of aliphatic hydroxyl groups excluding tert-OH is 1. The minimum Gasteiger partial charge on any atom is -0.506 e. The molecule has 0 spiro atoms. The number of aliphatic hydroxyl groups is 1. The first kappa shape index (κ1) is 15.2. The molecule has 4 N–H and O–H groups in total. The summed E-state index contributed by atoms with van der Waals surface area (Å²) in [4.78, 5) is 53.2. The van der Waals surface area contributed by atoms with Crippen LogP contribution in [0.2, 0.25) is 0 Å². The average Bonchev–Trinajstić information content (AvgIpc) is 2.96. The van der Waals surface area contributed by atoms with Gasteiger partial charge in [0.15, 0.2) is 0 Å². The Labute approximate surface area is 132 Å². The van der Waals surface area contributed by atoms with Crippen LogP contribution in [-0.2, 0) is 0 Å². The van der Waals surface area contributed by atoms with Crippen LogP contribution in [0, 0.1) is 0 Å². The number of carboxylic acids is 2. The summed E-state index contributed by atoms with van der Waals surface area (Å²) in [7, 11) is 0. The third-order valence-corrected chi connectivity index (χ3v) is 3.51. The summed E-state index contributed by atoms with van der Waals surface area (Å²) in [5, 5.41) is 27.8. The van der Waals surface area contributed by atoms with Crippen LogP contribution in [0.1, 0.15) is 47.4 Å². The number of aromatic amines is 1. The number of pyridine rings is 1. The number of Topliss-reactive ketones (excluding diaryl/α,β-unsaturated/α-hetero) is 2. The summed E-state index contributed by atoms with van der Waals surface area (Å²) < 4.78 is 0. The molecule has 0 saturated heterocycles. The zero-order valence-electron chi connectivity index (χ0n) is 11.8. The van der Waals surface area contributed by atoms with Gasteiger partial charge in [-0.05, 0) is 12.1 Å². The van der Waals surface area contributed by atoms with Crippen molar-refractivity contribution in [1.29, 1.82) is 0 Å². The van der Waals surface area contributed by atoms with E-state index in [9.17, 15) is 29.4 Å². The molecule has 9 nitrogen and oxygen atoms in total. The summed E-state index contributed by atoms with van der Waals surface area (Å²) in [5.74, 6) is -5.58. The maximum Gasteiger partial charge on any atom is 0.354 e. The standard InChI is InChI=1S/C15H8N2O7/c1-4(18)7-3-6-10(16-7)9-5(14(21)22)2-8(15(23)24)17-11(9)13(20)12(6)19/h2-3,16,18H,1H2,(H,21,22)(H,23,24). The molecule has 0 saturated carbocycles. The average molecular weight is 328 g/mol. The second kappa shape index (κ2) is 4.88. The first-order valence-corrected chi connectivity index (χ1v) is 6.44. The summed E-state index contributed by atoms with van der Waals surface area (Å²) in [5.41, 5.74) is -2.12. The molecule has 0 aliphatic heterocycles. The Bertz CT molecular complexity index is 984. The Morgan fingerprint density at radius 2 is 1.71 bits per heavy atom. The Morgan fingerprint density at radius 1 is 1.04 bits per heavy atom. The molecule has 120 valence electrons. The van der Waals surface area contributed by atoms with Crippen molar-refractivity contribution in [3.05, 3.63) is 46.9 Å². The normalized spacial score (nSPS) is 12.5. The molecule has 3 rings (SSSR count). The SMILES string of the molecule is C=C(O)c1cc2c([nH]1)-c1c(C(=O)O)cc(C(=O)O)nc1C(=O)C2=O. The lowest BCUT2D eigenvalue weighted by Gasteiger charge is -2.16. The topological polar surface area (TPSA) is 158 Å². The molecular formula is C15H8N2O7. The van der Waals surface area contributed by atoms with E-state index < -0.39 is 46.2 Å². The highest BCUT2D eigenvalue weighted by atomic mass is 16.4. The quantitative estimate of drug-likeness (QED) is 0.486. The summed E-state index contributed by atoms with van der Waals surface area (Å²) >= 11 is 0. The van der Waals surface area contributed by atoms with Gasteiger partial charge in [-0.25, -0.2) is 14.6 Å². The van der Waals surface area contributed by atoms with E-state index >= 15 is 0 Å². The Hall–Kier alpha value is -3.75. The van der Waals surface area contributed by atoms with Crippen molar-refractivity contribution in [2.24, 2.45) is 0 Å². The number of nitrogens with one attached hydrogen (secondary N) is 1. The van der Waals surface area contributed by atoms with Gasteiger partial charge in [-0.3, -0.25) is 9.59 Å². The van der Waals surface area contributed by atoms with E-state index in [2.05, 4.69) is 16.5 Å². The second-order valence-electron chi connectivity index (χ2n) is 4.97. The minimum absolute atomic E-state index is 0.0210. The highest BCUT2D eigenvalue weighted by Gasteiger charge is 2.37. The Kier molecular flexibility index (Phi) is 3.08. The van der Waals surface area contributed by atoms with Crippen LogP contribution < -0.4 is 0 Å². The van der Waals surface area contributed by atoms with Gasteiger partial charge in [-0.15, -0.1) is 0 Å². The fourth-order valence-electron chi connectivity index (χ4n) is 2.46. The van der Waals surface area contributed by atoms with E-state index in [1.54, 1.807) is 0 Å². The molecule has 0 amide bonds. The molecule has 0 atom stereocenters. The number of nitrogens with zero attached hydrogens (tertiary/aromatic N) is 1. The molecule has 2 aromatic rings. The van der Waals surface area contributed by atoms with Gasteiger partial charge in [-0.2, -0.15) is 0 Å². The molecule has 0 fully saturated rings. The molecule has 9 heteroatoms. The van der Waals surface area contributed by atoms with Gasteiger partial charge in [0.1, 0.15) is 17.1 Å². The maximum atomic E-state index is 12.2. The largest absolute Gasteiger partial charge is 0.506 e. The monoisotopic (exact) mass is 328 g/mol. The number of rotatable bonds is 3. The highest BCUT2D eigenvalue weighted by molar-refractivity contribution is 6.52. The summed E-state index contributed by atoms with van der Waals surface area (Å²) in [6, 6.07) is 1.96. The molecule has 1 aliphatic rings. The predicted molar refractivity (Wildman–Crippen MR) is 78.3 cm³/mol. The van der Waals surface area contributed by atoms with Crippen molar-refractivity contribution < 1.29 is 34.5 Å². The summed E-state index contributed by atoms with van der Waals surface area (Å²) in [6.07, 6.45) is 0. The number of fused-ring (bicyclic) bond motifs is 3. The zero-order valence-corrected chi connectivity index (χ0v) is 11.8. The van der Waals surface area contributed by atoms with Crippen molar-refractivity contribution in [3.8, 4) is 11.3 Å². The molecule has 1 aliphatic carbocycles. The van der Waals surface area contributed by atoms with Crippen molar-refractivity contribution in [1.82, 2.24) is 9.97 Å². The van der Waals surface area contributed by atoms with E-state index in [1.807, 2.05) is 0 Å². The lowest BCUT2D eigenvalue weighted by atomic mass is 9.88. The lowest BCUT2D eigenvalue weighted by Crippen LogP contribution is -2.25. The van der Waals surface area contributed by atoms with Gasteiger partial charge >= 0.3 is 11.9 Å². The number of aromatic nitrogens is 2. The Morgan fingerprint density at radius 3 is 2.25 bits per heavy atom. The predicted octanol–water partition coefficient (Wildman–Crippen LogP) is 1.38. The highest BCUT2D eigenvalue weighted by Crippen LogP contribution is 2.36. The first-order chi connectivity index (χ1) is 11.2. The first-order valence-electron chi connectivity index (χ1n) is 6.44. The van der Waals surface area contributed by atoms with Crippen LogP contribution in [0.25, 0.3) is 17.0 Å². The van der Waals surface area contributed by atoms with Gasteiger partial charge in [0, 0.05) is 5.56 Å². The minimum atomic E-state index is -1.54. The van der Waals surface area contributed by atoms with Crippen LogP contribution in [0.5, 0.6) is 0 Å². The molecule has 0 aromatic carbocycles. The molecular weight excluding hydrogens is 320 g/mol. The number of hydrogen-bond donors (Lipinski definition) is 4. The van der Waals surface area contributed by atoms with Crippen molar-refractivity contribution >= 4 is 29.3 Å². The number of H-pyrrole nitrogens is 1. The van der Waals surface area contributed by atoms with E-state index in [-0.39, 0.29) is 22.5 Å². The summed E-state index contributed by atoms with van der Waals surface area (Å²) in [6.45, 7) is 3.28. The third kappa shape index (κ3) is 1.99. The maximum absolute atomic E-state index is 12.2. The molecule has 0 bridgehead atoms. The smallest absolute Gasteiger partial charge is 0.354 e. The van der Waals surface area contributed by atoms with E-state index in [4.69, 9.17) is 5.11 Å². The number of carbonyl (C=O) groups excluding carboxylic acids is 2. The van der Waals surface area contributed by atoms with E-state index in [0.29, 0.717) is 0 Å². The van der Waals surface area contributed by atoms with Gasteiger partial charge in [-0.1, -0.05) is 6.58 Å².